The van der Waals surface area contributed by atoms with Crippen molar-refractivity contribution in [3.05, 3.63) is 0 Å². The molecule has 1 saturated carbocycles. The van der Waals surface area contributed by atoms with E-state index in [0.29, 0.717) is 5.25 Å². The van der Waals surface area contributed by atoms with Crippen LogP contribution in [0, 0.1) is 0 Å². The summed E-state index contributed by atoms with van der Waals surface area (Å²) >= 11 is 1.83. The predicted molar refractivity (Wildman–Crippen MR) is 49.8 cm³/mol. The zero-order valence-corrected chi connectivity index (χ0v) is 7.65. The first kappa shape index (κ1) is 9.36. The van der Waals surface area contributed by atoms with Gasteiger partial charge in [0.05, 0.1) is 6.10 Å². The molecule has 0 aliphatic heterocycles. The van der Waals surface area contributed by atoms with Crippen molar-refractivity contribution in [3.63, 3.8) is 0 Å². The normalized spacial score (nSPS) is 32.2. The highest BCUT2D eigenvalue weighted by Crippen LogP contribution is 2.28. The molecule has 0 aromatic heterocycles. The molecule has 0 aromatic carbocycles. The molecule has 1 aliphatic rings. The summed E-state index contributed by atoms with van der Waals surface area (Å²) in [7, 11) is 0. The smallest absolute Gasteiger partial charge is 0.0658 e. The maximum atomic E-state index is 9.53. The first-order valence-corrected chi connectivity index (χ1v) is 5.39. The Morgan fingerprint density at radius 2 is 2.09 bits per heavy atom. The van der Waals surface area contributed by atoms with E-state index in [-0.39, 0.29) is 6.10 Å². The minimum absolute atomic E-state index is 0.0692. The van der Waals surface area contributed by atoms with E-state index in [0.717, 1.165) is 18.7 Å². The molecule has 2 atom stereocenters. The highest BCUT2D eigenvalue weighted by molar-refractivity contribution is 7.99. The zero-order valence-electron chi connectivity index (χ0n) is 6.83. The molecule has 66 valence electrons. The molecular weight excluding hydrogens is 158 g/mol. The number of hydrogen-bond donors (Lipinski definition) is 2. The van der Waals surface area contributed by atoms with Crippen LogP contribution in [0.5, 0.6) is 0 Å². The van der Waals surface area contributed by atoms with E-state index in [1.165, 1.54) is 19.3 Å². The van der Waals surface area contributed by atoms with Gasteiger partial charge in [-0.1, -0.05) is 12.8 Å². The fourth-order valence-electron chi connectivity index (χ4n) is 1.49. The number of aliphatic hydroxyl groups is 1. The Morgan fingerprint density at radius 1 is 1.36 bits per heavy atom. The molecule has 0 spiro atoms. The second-order valence-electron chi connectivity index (χ2n) is 3.05. The number of rotatable bonds is 3. The van der Waals surface area contributed by atoms with E-state index in [1.54, 1.807) is 0 Å². The molecule has 0 bridgehead atoms. The van der Waals surface area contributed by atoms with Gasteiger partial charge in [-0.3, -0.25) is 0 Å². The second-order valence-corrected chi connectivity index (χ2v) is 4.40. The Morgan fingerprint density at radius 3 is 2.73 bits per heavy atom. The second kappa shape index (κ2) is 5.01. The Balaban J connectivity index is 2.18. The van der Waals surface area contributed by atoms with Crippen molar-refractivity contribution in [1.29, 1.82) is 0 Å². The van der Waals surface area contributed by atoms with Crippen LogP contribution >= 0.6 is 11.8 Å². The van der Waals surface area contributed by atoms with Gasteiger partial charge in [0.1, 0.15) is 0 Å². The van der Waals surface area contributed by atoms with Crippen molar-refractivity contribution in [1.82, 2.24) is 0 Å². The van der Waals surface area contributed by atoms with Gasteiger partial charge in [0.2, 0.25) is 0 Å². The third-order valence-electron chi connectivity index (χ3n) is 2.12. The zero-order chi connectivity index (χ0) is 8.10. The van der Waals surface area contributed by atoms with Crippen LogP contribution < -0.4 is 5.73 Å². The monoisotopic (exact) mass is 175 g/mol. The van der Waals surface area contributed by atoms with Crippen molar-refractivity contribution in [3.8, 4) is 0 Å². The number of nitrogens with two attached hydrogens (primary N) is 1. The molecule has 1 fully saturated rings. The van der Waals surface area contributed by atoms with E-state index in [2.05, 4.69) is 0 Å². The number of thioether (sulfide) groups is 1. The summed E-state index contributed by atoms with van der Waals surface area (Å²) in [5.74, 6) is 0.988. The lowest BCUT2D eigenvalue weighted by Gasteiger charge is -2.26. The van der Waals surface area contributed by atoms with E-state index >= 15 is 0 Å². The first-order valence-electron chi connectivity index (χ1n) is 4.34. The Bertz CT molecular complexity index is 110. The molecule has 0 saturated heterocycles. The predicted octanol–water partition coefficient (Wildman–Crippen LogP) is 0.982. The SMILES string of the molecule is NCCSC1CCCCC1O. The van der Waals surface area contributed by atoms with Crippen molar-refractivity contribution in [2.45, 2.75) is 37.0 Å². The van der Waals surface area contributed by atoms with Gasteiger partial charge in [-0.05, 0) is 12.8 Å². The minimum atomic E-state index is -0.0692. The first-order chi connectivity index (χ1) is 5.34. The van der Waals surface area contributed by atoms with E-state index < -0.39 is 0 Å². The molecule has 1 rings (SSSR count). The van der Waals surface area contributed by atoms with Crippen molar-refractivity contribution < 1.29 is 5.11 Å². The van der Waals surface area contributed by atoms with E-state index in [9.17, 15) is 5.11 Å². The van der Waals surface area contributed by atoms with Crippen LogP contribution in [0.2, 0.25) is 0 Å². The van der Waals surface area contributed by atoms with Gasteiger partial charge in [-0.2, -0.15) is 11.8 Å². The maximum Gasteiger partial charge on any atom is 0.0658 e. The molecule has 2 nitrogen and oxygen atoms in total. The third-order valence-corrected chi connectivity index (χ3v) is 3.57. The summed E-state index contributed by atoms with van der Waals surface area (Å²) < 4.78 is 0. The minimum Gasteiger partial charge on any atom is -0.392 e. The van der Waals surface area contributed by atoms with Crippen molar-refractivity contribution >= 4 is 11.8 Å². The fourth-order valence-corrected chi connectivity index (χ4v) is 2.62. The van der Waals surface area contributed by atoms with Crippen molar-refractivity contribution in [2.75, 3.05) is 12.3 Å². The lowest BCUT2D eigenvalue weighted by atomic mass is 9.97. The molecule has 2 unspecified atom stereocenters. The van der Waals surface area contributed by atoms with Crippen LogP contribution in [-0.4, -0.2) is 28.8 Å². The summed E-state index contributed by atoms with van der Waals surface area (Å²) in [5, 5.41) is 10.00. The van der Waals surface area contributed by atoms with Crippen LogP contribution in [0.15, 0.2) is 0 Å². The van der Waals surface area contributed by atoms with Gasteiger partial charge in [-0.15, -0.1) is 0 Å². The standard InChI is InChI=1S/C8H17NOS/c9-5-6-11-8-4-2-1-3-7(8)10/h7-8,10H,1-6,9H2. The molecule has 0 heterocycles. The van der Waals surface area contributed by atoms with Gasteiger partial charge < -0.3 is 10.8 Å². The topological polar surface area (TPSA) is 46.2 Å². The molecule has 0 aromatic rings. The van der Waals surface area contributed by atoms with Gasteiger partial charge in [0.25, 0.3) is 0 Å². The van der Waals surface area contributed by atoms with Crippen LogP contribution in [0.3, 0.4) is 0 Å². The lowest BCUT2D eigenvalue weighted by Crippen LogP contribution is -2.27. The maximum absolute atomic E-state index is 9.53. The van der Waals surface area contributed by atoms with Crippen LogP contribution in [0.25, 0.3) is 0 Å². The van der Waals surface area contributed by atoms with Crippen LogP contribution in [0.1, 0.15) is 25.7 Å². The van der Waals surface area contributed by atoms with Crippen molar-refractivity contribution in [2.24, 2.45) is 5.73 Å². The molecule has 3 N–H and O–H groups in total. The Kier molecular flexibility index (Phi) is 4.26. The molecule has 0 radical (unpaired) electrons. The quantitative estimate of drug-likeness (QED) is 0.672. The van der Waals surface area contributed by atoms with Crippen LogP contribution in [0.4, 0.5) is 0 Å². The third kappa shape index (κ3) is 3.01. The van der Waals surface area contributed by atoms with Crippen LogP contribution in [-0.2, 0) is 0 Å². The molecule has 3 heteroatoms. The number of aliphatic hydroxyl groups excluding tert-OH is 1. The highest BCUT2D eigenvalue weighted by Gasteiger charge is 2.22. The Labute approximate surface area is 72.5 Å². The summed E-state index contributed by atoms with van der Waals surface area (Å²) in [6.45, 7) is 0.730. The van der Waals surface area contributed by atoms with E-state index in [4.69, 9.17) is 5.73 Å². The van der Waals surface area contributed by atoms with Gasteiger partial charge in [0, 0.05) is 17.5 Å². The average Bonchev–Trinajstić information content (AvgIpc) is 2.03. The summed E-state index contributed by atoms with van der Waals surface area (Å²) in [4.78, 5) is 0. The molecule has 11 heavy (non-hydrogen) atoms. The summed E-state index contributed by atoms with van der Waals surface area (Å²) in [5.41, 5.74) is 5.39. The molecule has 1 aliphatic carbocycles. The van der Waals surface area contributed by atoms with Gasteiger partial charge in [-0.25, -0.2) is 0 Å². The average molecular weight is 175 g/mol. The Hall–Kier alpha value is 0.270. The lowest BCUT2D eigenvalue weighted by molar-refractivity contribution is 0.137. The molecular formula is C8H17NOS. The van der Waals surface area contributed by atoms with Gasteiger partial charge >= 0.3 is 0 Å². The summed E-state index contributed by atoms with van der Waals surface area (Å²) in [6, 6.07) is 0. The number of hydrogen-bond acceptors (Lipinski definition) is 3. The van der Waals surface area contributed by atoms with Gasteiger partial charge in [0.15, 0.2) is 0 Å². The summed E-state index contributed by atoms with van der Waals surface area (Å²) in [6.07, 6.45) is 4.56. The molecule has 0 amide bonds. The fraction of sp³-hybridized carbons (Fsp3) is 1.00. The largest absolute Gasteiger partial charge is 0.392 e. The van der Waals surface area contributed by atoms with E-state index in [1.807, 2.05) is 11.8 Å². The highest BCUT2D eigenvalue weighted by atomic mass is 32.2.